The van der Waals surface area contributed by atoms with Gasteiger partial charge in [0.25, 0.3) is 0 Å². The molecular weight excluding hydrogens is 437 g/mol. The van der Waals surface area contributed by atoms with Crippen molar-refractivity contribution in [2.75, 3.05) is 26.5 Å². The SMILES string of the molecule is COc1cc(Nc2ccnc3cc(-c4ccc(CN(C)C)cc4)sc23)c(Cl)cc1Cl. The zero-order valence-corrected chi connectivity index (χ0v) is 19.2. The number of nitrogens with zero attached hydrogens (tertiary/aromatic N) is 2. The second kappa shape index (κ2) is 8.82. The highest BCUT2D eigenvalue weighted by molar-refractivity contribution is 7.22. The largest absolute Gasteiger partial charge is 0.495 e. The first kappa shape index (κ1) is 20.9. The number of halogens is 2. The third-order valence-corrected chi connectivity index (χ3v) is 6.47. The molecule has 0 aliphatic carbocycles. The Balaban J connectivity index is 1.68. The van der Waals surface area contributed by atoms with E-state index in [0.717, 1.165) is 28.1 Å². The number of thiophene rings is 1. The van der Waals surface area contributed by atoms with Gasteiger partial charge in [0.15, 0.2) is 0 Å². The van der Waals surface area contributed by atoms with Gasteiger partial charge < -0.3 is 15.0 Å². The Kier molecular flexibility index (Phi) is 6.16. The minimum Gasteiger partial charge on any atom is -0.495 e. The van der Waals surface area contributed by atoms with Crippen LogP contribution in [0.1, 0.15) is 5.56 Å². The highest BCUT2D eigenvalue weighted by Crippen LogP contribution is 2.40. The number of benzene rings is 2. The number of fused-ring (bicyclic) bond motifs is 1. The summed E-state index contributed by atoms with van der Waals surface area (Å²) in [5, 5.41) is 4.41. The average molecular weight is 458 g/mol. The van der Waals surface area contributed by atoms with Gasteiger partial charge in [-0.2, -0.15) is 0 Å². The summed E-state index contributed by atoms with van der Waals surface area (Å²) in [5.74, 6) is 0.568. The quantitative estimate of drug-likeness (QED) is 0.335. The number of hydrogen-bond donors (Lipinski definition) is 1. The minimum absolute atomic E-state index is 0.476. The molecule has 0 atom stereocenters. The van der Waals surface area contributed by atoms with Crippen molar-refractivity contribution in [3.63, 3.8) is 0 Å². The fourth-order valence-corrected chi connectivity index (χ4v) is 4.84. The third kappa shape index (κ3) is 4.40. The Morgan fingerprint density at radius 3 is 2.47 bits per heavy atom. The van der Waals surface area contributed by atoms with E-state index in [4.69, 9.17) is 27.9 Å². The molecule has 1 N–H and O–H groups in total. The van der Waals surface area contributed by atoms with E-state index in [-0.39, 0.29) is 0 Å². The summed E-state index contributed by atoms with van der Waals surface area (Å²) in [6.45, 7) is 0.924. The van der Waals surface area contributed by atoms with Crippen LogP contribution in [0.15, 0.2) is 54.7 Å². The van der Waals surface area contributed by atoms with Gasteiger partial charge in [0.1, 0.15) is 5.75 Å². The molecule has 0 saturated carbocycles. The lowest BCUT2D eigenvalue weighted by atomic mass is 10.1. The molecule has 0 saturated heterocycles. The van der Waals surface area contributed by atoms with Gasteiger partial charge in [0, 0.05) is 23.7 Å². The van der Waals surface area contributed by atoms with Crippen LogP contribution in [0.2, 0.25) is 10.0 Å². The van der Waals surface area contributed by atoms with E-state index < -0.39 is 0 Å². The fourth-order valence-electron chi connectivity index (χ4n) is 3.24. The van der Waals surface area contributed by atoms with E-state index in [1.165, 1.54) is 16.0 Å². The summed E-state index contributed by atoms with van der Waals surface area (Å²) < 4.78 is 6.38. The van der Waals surface area contributed by atoms with Crippen LogP contribution in [0.4, 0.5) is 11.4 Å². The lowest BCUT2D eigenvalue weighted by Crippen LogP contribution is -2.10. The molecular formula is C23H21Cl2N3OS. The van der Waals surface area contributed by atoms with Crippen molar-refractivity contribution in [1.29, 1.82) is 0 Å². The fraction of sp³-hybridized carbons (Fsp3) is 0.174. The highest BCUT2D eigenvalue weighted by atomic mass is 35.5. The van der Waals surface area contributed by atoms with Crippen LogP contribution in [0.25, 0.3) is 20.7 Å². The highest BCUT2D eigenvalue weighted by Gasteiger charge is 2.13. The standard InChI is InChI=1S/C23H21Cl2N3OS/c1-28(2)13-14-4-6-15(7-5-14)22-12-20-23(30-22)18(8-9-26-20)27-19-11-21(29-3)17(25)10-16(19)24/h4-12H,13H2,1-3H3,(H,26,27). The molecule has 0 spiro atoms. The van der Waals surface area contributed by atoms with Crippen LogP contribution >= 0.6 is 34.5 Å². The number of ether oxygens (including phenoxy) is 1. The Morgan fingerprint density at radius 2 is 1.77 bits per heavy atom. The van der Waals surface area contributed by atoms with Crippen LogP contribution in [0.3, 0.4) is 0 Å². The molecule has 4 nitrogen and oxygen atoms in total. The summed E-state index contributed by atoms with van der Waals surface area (Å²) >= 11 is 14.3. The maximum absolute atomic E-state index is 6.39. The normalized spacial score (nSPS) is 11.3. The second-order valence-electron chi connectivity index (χ2n) is 7.21. The van der Waals surface area contributed by atoms with E-state index in [1.807, 2.05) is 6.07 Å². The van der Waals surface area contributed by atoms with E-state index >= 15 is 0 Å². The first-order valence-electron chi connectivity index (χ1n) is 9.37. The smallest absolute Gasteiger partial charge is 0.139 e. The molecule has 4 aromatic rings. The average Bonchev–Trinajstić information content (AvgIpc) is 3.15. The zero-order valence-electron chi connectivity index (χ0n) is 16.9. The van der Waals surface area contributed by atoms with Gasteiger partial charge in [-0.3, -0.25) is 4.98 Å². The topological polar surface area (TPSA) is 37.4 Å². The van der Waals surface area contributed by atoms with Gasteiger partial charge in [-0.25, -0.2) is 0 Å². The summed E-state index contributed by atoms with van der Waals surface area (Å²) in [5.41, 5.74) is 5.07. The van der Waals surface area contributed by atoms with Crippen molar-refractivity contribution in [3.8, 4) is 16.2 Å². The molecule has 7 heteroatoms. The molecule has 0 aliphatic heterocycles. The third-order valence-electron chi connectivity index (χ3n) is 4.66. The molecule has 154 valence electrons. The lowest BCUT2D eigenvalue weighted by molar-refractivity contribution is 0.402. The molecule has 0 bridgehead atoms. The molecule has 2 heterocycles. The number of methoxy groups -OCH3 is 1. The zero-order chi connectivity index (χ0) is 21.3. The molecule has 0 fully saturated rings. The first-order chi connectivity index (χ1) is 14.4. The summed E-state index contributed by atoms with van der Waals surface area (Å²) in [6, 6.07) is 16.2. The van der Waals surface area contributed by atoms with Crippen LogP contribution in [0.5, 0.6) is 5.75 Å². The number of anilines is 2. The second-order valence-corrected chi connectivity index (χ2v) is 9.08. The molecule has 0 aliphatic rings. The lowest BCUT2D eigenvalue weighted by Gasteiger charge is -2.12. The maximum Gasteiger partial charge on any atom is 0.139 e. The van der Waals surface area contributed by atoms with Gasteiger partial charge in [-0.15, -0.1) is 11.3 Å². The van der Waals surface area contributed by atoms with Crippen LogP contribution < -0.4 is 10.1 Å². The Labute approximate surface area is 190 Å². The van der Waals surface area contributed by atoms with Crippen molar-refractivity contribution < 1.29 is 4.74 Å². The summed E-state index contributed by atoms with van der Waals surface area (Å²) in [6.07, 6.45) is 1.79. The number of aromatic nitrogens is 1. The Hall–Kier alpha value is -2.31. The van der Waals surface area contributed by atoms with Gasteiger partial charge in [0.05, 0.1) is 38.7 Å². The van der Waals surface area contributed by atoms with E-state index in [0.29, 0.717) is 15.8 Å². The van der Waals surface area contributed by atoms with Gasteiger partial charge in [0.2, 0.25) is 0 Å². The van der Waals surface area contributed by atoms with Gasteiger partial charge in [-0.05, 0) is 43.4 Å². The van der Waals surface area contributed by atoms with Gasteiger partial charge >= 0.3 is 0 Å². The molecule has 0 radical (unpaired) electrons. The Morgan fingerprint density at radius 1 is 1.00 bits per heavy atom. The van der Waals surface area contributed by atoms with Crippen LogP contribution in [0, 0.1) is 0 Å². The predicted molar refractivity (Wildman–Crippen MR) is 129 cm³/mol. The summed E-state index contributed by atoms with van der Waals surface area (Å²) in [7, 11) is 5.73. The molecule has 2 aromatic heterocycles. The number of rotatable bonds is 6. The van der Waals surface area contributed by atoms with Crippen LogP contribution in [-0.4, -0.2) is 31.1 Å². The predicted octanol–water partition coefficient (Wildman–Crippen LogP) is 7.08. The number of hydrogen-bond acceptors (Lipinski definition) is 5. The molecule has 2 aromatic carbocycles. The monoisotopic (exact) mass is 457 g/mol. The molecule has 4 rings (SSSR count). The molecule has 30 heavy (non-hydrogen) atoms. The molecule has 0 amide bonds. The minimum atomic E-state index is 0.476. The van der Waals surface area contributed by atoms with Gasteiger partial charge in [-0.1, -0.05) is 47.5 Å². The Bertz CT molecular complexity index is 1190. The number of nitrogens with one attached hydrogen (secondary N) is 1. The van der Waals surface area contributed by atoms with Crippen LogP contribution in [-0.2, 0) is 6.54 Å². The van der Waals surface area contributed by atoms with Crippen molar-refractivity contribution in [1.82, 2.24) is 9.88 Å². The van der Waals surface area contributed by atoms with Crippen molar-refractivity contribution in [3.05, 3.63) is 70.3 Å². The summed E-state index contributed by atoms with van der Waals surface area (Å²) in [4.78, 5) is 7.87. The van der Waals surface area contributed by atoms with E-state index in [2.05, 4.69) is 59.6 Å². The van der Waals surface area contributed by atoms with Crippen molar-refractivity contribution in [2.24, 2.45) is 0 Å². The first-order valence-corrected chi connectivity index (χ1v) is 10.9. The van der Waals surface area contributed by atoms with E-state index in [1.54, 1.807) is 36.8 Å². The van der Waals surface area contributed by atoms with Crippen molar-refractivity contribution in [2.45, 2.75) is 6.54 Å². The van der Waals surface area contributed by atoms with Crippen molar-refractivity contribution >= 4 is 56.1 Å². The molecule has 0 unspecified atom stereocenters. The number of pyridine rings is 1. The van der Waals surface area contributed by atoms with E-state index in [9.17, 15) is 0 Å². The maximum atomic E-state index is 6.39.